The number of benzene rings is 1. The van der Waals surface area contributed by atoms with Crippen LogP contribution in [0.1, 0.15) is 18.4 Å². The molecule has 0 aliphatic carbocycles. The van der Waals surface area contributed by atoms with Crippen molar-refractivity contribution < 1.29 is 4.79 Å². The highest BCUT2D eigenvalue weighted by molar-refractivity contribution is 5.89. The molecule has 4 nitrogen and oxygen atoms in total. The number of piperidine rings is 1. The highest BCUT2D eigenvalue weighted by Crippen LogP contribution is 2.17. The molecule has 0 spiro atoms. The van der Waals surface area contributed by atoms with Gasteiger partial charge in [0.05, 0.1) is 0 Å². The van der Waals surface area contributed by atoms with Gasteiger partial charge in [-0.3, -0.25) is 0 Å². The standard InChI is InChI=1S/C14H21N3O/c1-11-4-6-13(7-5-11)16-14(18)17-8-2-3-12(9-15)10-17/h4-7,12H,2-3,8-10,15H2,1H3,(H,16,18). The van der Waals surface area contributed by atoms with E-state index < -0.39 is 0 Å². The van der Waals surface area contributed by atoms with Crippen molar-refractivity contribution in [2.24, 2.45) is 11.7 Å². The van der Waals surface area contributed by atoms with Crippen molar-refractivity contribution in [3.05, 3.63) is 29.8 Å². The Morgan fingerprint density at radius 1 is 1.44 bits per heavy atom. The van der Waals surface area contributed by atoms with Crippen LogP contribution < -0.4 is 11.1 Å². The summed E-state index contributed by atoms with van der Waals surface area (Å²) in [5.74, 6) is 0.447. The smallest absolute Gasteiger partial charge is 0.321 e. The zero-order valence-corrected chi connectivity index (χ0v) is 10.9. The lowest BCUT2D eigenvalue weighted by atomic mass is 9.99. The fourth-order valence-corrected chi connectivity index (χ4v) is 2.28. The van der Waals surface area contributed by atoms with Gasteiger partial charge in [-0.1, -0.05) is 17.7 Å². The summed E-state index contributed by atoms with van der Waals surface area (Å²) in [7, 11) is 0. The SMILES string of the molecule is Cc1ccc(NC(=O)N2CCCC(CN)C2)cc1. The van der Waals surface area contributed by atoms with Crippen LogP contribution in [0.3, 0.4) is 0 Å². The van der Waals surface area contributed by atoms with E-state index >= 15 is 0 Å². The summed E-state index contributed by atoms with van der Waals surface area (Å²) in [5, 5.41) is 2.93. The fourth-order valence-electron chi connectivity index (χ4n) is 2.28. The molecule has 2 amide bonds. The lowest BCUT2D eigenvalue weighted by molar-refractivity contribution is 0.179. The Morgan fingerprint density at radius 2 is 2.17 bits per heavy atom. The first-order chi connectivity index (χ1) is 8.69. The summed E-state index contributed by atoms with van der Waals surface area (Å²) in [6, 6.07) is 7.83. The molecule has 1 saturated heterocycles. The Hall–Kier alpha value is -1.55. The molecule has 0 saturated carbocycles. The molecule has 3 N–H and O–H groups in total. The third-order valence-electron chi connectivity index (χ3n) is 3.44. The van der Waals surface area contributed by atoms with E-state index in [0.717, 1.165) is 31.6 Å². The van der Waals surface area contributed by atoms with E-state index in [2.05, 4.69) is 5.32 Å². The number of anilines is 1. The van der Waals surface area contributed by atoms with E-state index in [4.69, 9.17) is 5.73 Å². The second-order valence-electron chi connectivity index (χ2n) is 4.99. The molecule has 98 valence electrons. The van der Waals surface area contributed by atoms with Crippen LogP contribution >= 0.6 is 0 Å². The number of rotatable bonds is 2. The Bertz CT molecular complexity index is 402. The van der Waals surface area contributed by atoms with Crippen LogP contribution in [0, 0.1) is 12.8 Å². The van der Waals surface area contributed by atoms with Gasteiger partial charge in [-0.2, -0.15) is 0 Å². The molecule has 0 bridgehead atoms. The maximum atomic E-state index is 12.1. The van der Waals surface area contributed by atoms with Crippen molar-refractivity contribution in [1.29, 1.82) is 0 Å². The molecule has 1 aromatic rings. The normalized spacial score (nSPS) is 19.7. The molecule has 1 aliphatic rings. The number of nitrogens with two attached hydrogens (primary N) is 1. The van der Waals surface area contributed by atoms with Gasteiger partial charge in [-0.05, 0) is 44.4 Å². The number of carbonyl (C=O) groups is 1. The zero-order valence-electron chi connectivity index (χ0n) is 10.9. The number of amides is 2. The topological polar surface area (TPSA) is 58.4 Å². The van der Waals surface area contributed by atoms with Gasteiger partial charge in [0.1, 0.15) is 0 Å². The first-order valence-corrected chi connectivity index (χ1v) is 6.51. The van der Waals surface area contributed by atoms with Crippen molar-refractivity contribution in [2.45, 2.75) is 19.8 Å². The van der Waals surface area contributed by atoms with Gasteiger partial charge < -0.3 is 16.0 Å². The first-order valence-electron chi connectivity index (χ1n) is 6.51. The second kappa shape index (κ2) is 5.87. The van der Waals surface area contributed by atoms with Crippen LogP contribution in [-0.2, 0) is 0 Å². The maximum absolute atomic E-state index is 12.1. The van der Waals surface area contributed by atoms with Crippen molar-refractivity contribution in [3.8, 4) is 0 Å². The number of urea groups is 1. The molecule has 0 aromatic heterocycles. The highest BCUT2D eigenvalue weighted by Gasteiger charge is 2.22. The van der Waals surface area contributed by atoms with Gasteiger partial charge in [0.15, 0.2) is 0 Å². The van der Waals surface area contributed by atoms with E-state index in [1.165, 1.54) is 5.56 Å². The van der Waals surface area contributed by atoms with E-state index in [-0.39, 0.29) is 6.03 Å². The maximum Gasteiger partial charge on any atom is 0.321 e. The molecule has 2 rings (SSSR count). The van der Waals surface area contributed by atoms with Crippen LogP contribution in [0.25, 0.3) is 0 Å². The molecular weight excluding hydrogens is 226 g/mol. The molecular formula is C14H21N3O. The summed E-state index contributed by atoms with van der Waals surface area (Å²) in [4.78, 5) is 13.9. The molecule has 1 atom stereocenters. The van der Waals surface area contributed by atoms with Crippen molar-refractivity contribution in [3.63, 3.8) is 0 Å². The van der Waals surface area contributed by atoms with Crippen LogP contribution in [0.2, 0.25) is 0 Å². The average Bonchev–Trinajstić information content (AvgIpc) is 2.41. The van der Waals surface area contributed by atoms with Crippen molar-refractivity contribution >= 4 is 11.7 Å². The zero-order chi connectivity index (χ0) is 13.0. The minimum absolute atomic E-state index is 0.0167. The summed E-state index contributed by atoms with van der Waals surface area (Å²) < 4.78 is 0. The average molecular weight is 247 g/mol. The van der Waals surface area contributed by atoms with Crippen molar-refractivity contribution in [2.75, 3.05) is 25.0 Å². The van der Waals surface area contributed by atoms with Gasteiger partial charge in [0.25, 0.3) is 0 Å². The third kappa shape index (κ3) is 3.23. The van der Waals surface area contributed by atoms with Crippen LogP contribution in [-0.4, -0.2) is 30.6 Å². The Labute approximate surface area is 108 Å². The van der Waals surface area contributed by atoms with Crippen LogP contribution in [0.4, 0.5) is 10.5 Å². The van der Waals surface area contributed by atoms with E-state index in [0.29, 0.717) is 12.5 Å². The molecule has 1 fully saturated rings. The molecule has 1 aromatic carbocycles. The lowest BCUT2D eigenvalue weighted by Crippen LogP contribution is -2.44. The monoisotopic (exact) mass is 247 g/mol. The van der Waals surface area contributed by atoms with Crippen LogP contribution in [0.15, 0.2) is 24.3 Å². The quantitative estimate of drug-likeness (QED) is 0.841. The minimum Gasteiger partial charge on any atom is -0.330 e. The molecule has 4 heteroatoms. The largest absolute Gasteiger partial charge is 0.330 e. The molecule has 0 radical (unpaired) electrons. The number of hydrogen-bond donors (Lipinski definition) is 2. The van der Waals surface area contributed by atoms with Crippen LogP contribution in [0.5, 0.6) is 0 Å². The van der Waals surface area contributed by atoms with E-state index in [9.17, 15) is 4.79 Å². The van der Waals surface area contributed by atoms with E-state index in [1.54, 1.807) is 0 Å². The highest BCUT2D eigenvalue weighted by atomic mass is 16.2. The van der Waals surface area contributed by atoms with E-state index in [1.807, 2.05) is 36.1 Å². The Balaban J connectivity index is 1.93. The number of aryl methyl sites for hydroxylation is 1. The predicted molar refractivity (Wildman–Crippen MR) is 73.5 cm³/mol. The number of hydrogen-bond acceptors (Lipinski definition) is 2. The van der Waals surface area contributed by atoms with Gasteiger partial charge in [-0.25, -0.2) is 4.79 Å². The van der Waals surface area contributed by atoms with Gasteiger partial charge >= 0.3 is 6.03 Å². The minimum atomic E-state index is -0.0167. The summed E-state index contributed by atoms with van der Waals surface area (Å²) >= 11 is 0. The second-order valence-corrected chi connectivity index (χ2v) is 4.99. The van der Waals surface area contributed by atoms with Gasteiger partial charge in [0.2, 0.25) is 0 Å². The molecule has 1 unspecified atom stereocenters. The first kappa shape index (κ1) is 12.9. The summed E-state index contributed by atoms with van der Waals surface area (Å²) in [5.41, 5.74) is 7.71. The molecule has 1 aliphatic heterocycles. The molecule has 18 heavy (non-hydrogen) atoms. The summed E-state index contributed by atoms with van der Waals surface area (Å²) in [6.07, 6.45) is 2.17. The predicted octanol–water partition coefficient (Wildman–Crippen LogP) is 2.20. The Kier molecular flexibility index (Phi) is 4.20. The number of nitrogens with one attached hydrogen (secondary N) is 1. The van der Waals surface area contributed by atoms with Gasteiger partial charge in [-0.15, -0.1) is 0 Å². The Morgan fingerprint density at radius 3 is 2.83 bits per heavy atom. The number of nitrogens with zero attached hydrogens (tertiary/aromatic N) is 1. The fraction of sp³-hybridized carbons (Fsp3) is 0.500. The number of likely N-dealkylation sites (tertiary alicyclic amines) is 1. The lowest BCUT2D eigenvalue weighted by Gasteiger charge is -2.32. The molecule has 1 heterocycles. The van der Waals surface area contributed by atoms with Gasteiger partial charge in [0, 0.05) is 18.8 Å². The third-order valence-corrected chi connectivity index (χ3v) is 3.44. The number of carbonyl (C=O) groups excluding carboxylic acids is 1. The summed E-state index contributed by atoms with van der Waals surface area (Å²) in [6.45, 7) is 4.29. The van der Waals surface area contributed by atoms with Crippen molar-refractivity contribution in [1.82, 2.24) is 4.90 Å².